The van der Waals surface area contributed by atoms with Crippen LogP contribution in [0.15, 0.2) is 53.4 Å². The second kappa shape index (κ2) is 8.31. The van der Waals surface area contributed by atoms with Gasteiger partial charge in [0.2, 0.25) is 10.0 Å². The van der Waals surface area contributed by atoms with Gasteiger partial charge >= 0.3 is 0 Å². The zero-order chi connectivity index (χ0) is 16.7. The summed E-state index contributed by atoms with van der Waals surface area (Å²) in [6, 6.07) is 13.6. The molecule has 0 atom stereocenters. The van der Waals surface area contributed by atoms with Crippen molar-refractivity contribution in [2.75, 3.05) is 19.7 Å². The molecule has 0 heterocycles. The summed E-state index contributed by atoms with van der Waals surface area (Å²) < 4.78 is 32.2. The predicted molar refractivity (Wildman–Crippen MR) is 91.3 cm³/mol. The van der Waals surface area contributed by atoms with Crippen molar-refractivity contribution in [2.24, 2.45) is 5.73 Å². The number of rotatable bonds is 8. The molecular formula is C16H19ClN2O3S. The molecule has 23 heavy (non-hydrogen) atoms. The highest BCUT2D eigenvalue weighted by Crippen LogP contribution is 2.15. The lowest BCUT2D eigenvalue weighted by molar-refractivity contribution is 0.328. The first-order valence-corrected chi connectivity index (χ1v) is 9.04. The molecule has 0 spiro atoms. The van der Waals surface area contributed by atoms with Gasteiger partial charge in [-0.2, -0.15) is 0 Å². The molecule has 3 N–H and O–H groups in total. The Morgan fingerprint density at radius 3 is 2.30 bits per heavy atom. The molecule has 0 fully saturated rings. The molecule has 2 aromatic carbocycles. The van der Waals surface area contributed by atoms with E-state index in [9.17, 15) is 8.42 Å². The monoisotopic (exact) mass is 354 g/mol. The Balaban J connectivity index is 1.87. The quantitative estimate of drug-likeness (QED) is 0.761. The summed E-state index contributed by atoms with van der Waals surface area (Å²) in [7, 11) is -3.51. The van der Waals surface area contributed by atoms with Crippen molar-refractivity contribution in [1.82, 2.24) is 4.72 Å². The van der Waals surface area contributed by atoms with Crippen LogP contribution in [0.5, 0.6) is 5.75 Å². The average molecular weight is 355 g/mol. The summed E-state index contributed by atoms with van der Waals surface area (Å²) in [6.45, 7) is 1.25. The molecule has 0 unspecified atom stereocenters. The van der Waals surface area contributed by atoms with Gasteiger partial charge in [-0.05, 0) is 48.4 Å². The Hall–Kier alpha value is -1.60. The summed E-state index contributed by atoms with van der Waals surface area (Å²) in [5.74, 6) is 0.751. The van der Waals surface area contributed by atoms with Crippen LogP contribution in [0.4, 0.5) is 0 Å². The minimum Gasteiger partial charge on any atom is -0.492 e. The van der Waals surface area contributed by atoms with Gasteiger partial charge in [-0.3, -0.25) is 0 Å². The Labute approximate surface area is 141 Å². The maximum Gasteiger partial charge on any atom is 0.240 e. The number of ether oxygens (including phenoxy) is 1. The van der Waals surface area contributed by atoms with Crippen LogP contribution in [0, 0.1) is 0 Å². The highest BCUT2D eigenvalue weighted by Gasteiger charge is 2.12. The number of benzene rings is 2. The molecule has 0 radical (unpaired) electrons. The number of nitrogens with one attached hydrogen (secondary N) is 1. The van der Waals surface area contributed by atoms with Gasteiger partial charge in [-0.1, -0.05) is 23.7 Å². The van der Waals surface area contributed by atoms with E-state index in [1.165, 1.54) is 12.1 Å². The molecule has 0 aliphatic rings. The normalized spacial score (nSPS) is 11.4. The third kappa shape index (κ3) is 5.51. The fraction of sp³-hybridized carbons (Fsp3) is 0.250. The topological polar surface area (TPSA) is 81.4 Å². The fourth-order valence-corrected chi connectivity index (χ4v) is 3.11. The summed E-state index contributed by atoms with van der Waals surface area (Å²) in [5, 5.41) is 0.501. The third-order valence-corrected chi connectivity index (χ3v) is 4.87. The molecule has 0 aliphatic heterocycles. The van der Waals surface area contributed by atoms with Gasteiger partial charge in [0.15, 0.2) is 0 Å². The van der Waals surface area contributed by atoms with Gasteiger partial charge in [-0.15, -0.1) is 0 Å². The van der Waals surface area contributed by atoms with Crippen LogP contribution < -0.4 is 15.2 Å². The molecule has 5 nitrogen and oxygen atoms in total. The van der Waals surface area contributed by atoms with Crippen LogP contribution >= 0.6 is 11.6 Å². The molecule has 0 aromatic heterocycles. The van der Waals surface area contributed by atoms with Crippen LogP contribution in [0.1, 0.15) is 5.56 Å². The Morgan fingerprint density at radius 1 is 1.04 bits per heavy atom. The Morgan fingerprint density at radius 2 is 1.70 bits per heavy atom. The van der Waals surface area contributed by atoms with E-state index in [1.54, 1.807) is 12.1 Å². The van der Waals surface area contributed by atoms with Crippen molar-refractivity contribution in [3.63, 3.8) is 0 Å². The zero-order valence-electron chi connectivity index (χ0n) is 12.5. The number of hydrogen-bond acceptors (Lipinski definition) is 4. The third-order valence-electron chi connectivity index (χ3n) is 3.14. The first-order chi connectivity index (χ1) is 11.0. The van der Waals surface area contributed by atoms with E-state index in [4.69, 9.17) is 22.1 Å². The Bertz CT molecular complexity index is 716. The first kappa shape index (κ1) is 17.7. The highest BCUT2D eigenvalue weighted by atomic mass is 35.5. The molecule has 0 saturated carbocycles. The number of hydrogen-bond donors (Lipinski definition) is 2. The van der Waals surface area contributed by atoms with Crippen LogP contribution in [0.25, 0.3) is 0 Å². The number of nitrogens with two attached hydrogens (primary N) is 1. The summed E-state index contributed by atoms with van der Waals surface area (Å²) >= 11 is 5.76. The van der Waals surface area contributed by atoms with E-state index in [2.05, 4.69) is 4.72 Å². The van der Waals surface area contributed by atoms with Gasteiger partial charge in [-0.25, -0.2) is 13.1 Å². The van der Waals surface area contributed by atoms with E-state index in [0.717, 1.165) is 11.3 Å². The van der Waals surface area contributed by atoms with Crippen LogP contribution in [0.3, 0.4) is 0 Å². The van der Waals surface area contributed by atoms with Crippen molar-refractivity contribution < 1.29 is 13.2 Å². The van der Waals surface area contributed by atoms with Gasteiger partial charge in [0.05, 0.1) is 4.90 Å². The molecule has 0 aliphatic carbocycles. The van der Waals surface area contributed by atoms with Gasteiger partial charge in [0, 0.05) is 18.1 Å². The highest BCUT2D eigenvalue weighted by molar-refractivity contribution is 7.89. The van der Waals surface area contributed by atoms with Crippen molar-refractivity contribution in [3.05, 3.63) is 59.1 Å². The smallest absolute Gasteiger partial charge is 0.240 e. The molecular weight excluding hydrogens is 336 g/mol. The van der Waals surface area contributed by atoms with Gasteiger partial charge < -0.3 is 10.5 Å². The van der Waals surface area contributed by atoms with E-state index in [0.29, 0.717) is 31.1 Å². The van der Waals surface area contributed by atoms with Crippen molar-refractivity contribution >= 4 is 21.6 Å². The van der Waals surface area contributed by atoms with Crippen molar-refractivity contribution in [2.45, 2.75) is 11.3 Å². The minimum atomic E-state index is -3.51. The van der Waals surface area contributed by atoms with Gasteiger partial charge in [0.1, 0.15) is 12.4 Å². The van der Waals surface area contributed by atoms with Crippen LogP contribution in [0.2, 0.25) is 5.02 Å². The second-order valence-electron chi connectivity index (χ2n) is 4.88. The number of sulfonamides is 1. The predicted octanol–water partition coefficient (Wildman–Crippen LogP) is 2.20. The maximum atomic E-state index is 12.1. The largest absolute Gasteiger partial charge is 0.492 e. The zero-order valence-corrected chi connectivity index (χ0v) is 14.1. The number of halogens is 1. The van der Waals surface area contributed by atoms with Crippen LogP contribution in [-0.4, -0.2) is 28.1 Å². The fourth-order valence-electron chi connectivity index (χ4n) is 1.96. The minimum absolute atomic E-state index is 0.201. The first-order valence-electron chi connectivity index (χ1n) is 7.18. The Kier molecular flexibility index (Phi) is 6.41. The standard InChI is InChI=1S/C16H19ClN2O3S/c17-14-3-7-16(8-4-14)23(20,21)19-11-9-13-1-5-15(6-2-13)22-12-10-18/h1-8,19H,9-12,18H2. The van der Waals surface area contributed by atoms with Gasteiger partial charge in [0.25, 0.3) is 0 Å². The molecule has 124 valence electrons. The lowest BCUT2D eigenvalue weighted by Crippen LogP contribution is -2.25. The van der Waals surface area contributed by atoms with E-state index >= 15 is 0 Å². The van der Waals surface area contributed by atoms with Crippen LogP contribution in [-0.2, 0) is 16.4 Å². The average Bonchev–Trinajstić information content (AvgIpc) is 2.54. The van der Waals surface area contributed by atoms with Crippen molar-refractivity contribution in [1.29, 1.82) is 0 Å². The summed E-state index contributed by atoms with van der Waals surface area (Å²) in [6.07, 6.45) is 0.587. The van der Waals surface area contributed by atoms with Crippen molar-refractivity contribution in [3.8, 4) is 5.75 Å². The summed E-state index contributed by atoms with van der Waals surface area (Å²) in [4.78, 5) is 0.201. The maximum absolute atomic E-state index is 12.1. The molecule has 2 aromatic rings. The molecule has 0 amide bonds. The molecule has 7 heteroatoms. The lowest BCUT2D eigenvalue weighted by Gasteiger charge is -2.08. The molecule has 0 bridgehead atoms. The van der Waals surface area contributed by atoms with E-state index in [1.807, 2.05) is 24.3 Å². The van der Waals surface area contributed by atoms with E-state index in [-0.39, 0.29) is 4.90 Å². The summed E-state index contributed by atoms with van der Waals surface area (Å²) in [5.41, 5.74) is 6.39. The molecule has 0 saturated heterocycles. The molecule has 2 rings (SSSR count). The van der Waals surface area contributed by atoms with E-state index < -0.39 is 10.0 Å². The SMILES string of the molecule is NCCOc1ccc(CCNS(=O)(=O)c2ccc(Cl)cc2)cc1. The lowest BCUT2D eigenvalue weighted by atomic mass is 10.1. The second-order valence-corrected chi connectivity index (χ2v) is 7.09.